The van der Waals surface area contributed by atoms with Crippen LogP contribution in [0.3, 0.4) is 0 Å². The van der Waals surface area contributed by atoms with Crippen molar-refractivity contribution in [3.63, 3.8) is 0 Å². The number of pyridine rings is 1. The maximum Gasteiger partial charge on any atom is 0.508 e. The molecule has 19 heavy (non-hydrogen) atoms. The van der Waals surface area contributed by atoms with Crippen molar-refractivity contribution < 1.29 is 10.0 Å². The molecule has 3 nitrogen and oxygen atoms in total. The van der Waals surface area contributed by atoms with Gasteiger partial charge in [0.05, 0.1) is 5.59 Å². The van der Waals surface area contributed by atoms with Gasteiger partial charge in [-0.3, -0.25) is 4.98 Å². The van der Waals surface area contributed by atoms with Gasteiger partial charge in [-0.15, -0.1) is 0 Å². The van der Waals surface area contributed by atoms with E-state index in [-0.39, 0.29) is 5.59 Å². The van der Waals surface area contributed by atoms with Crippen molar-refractivity contribution in [1.82, 2.24) is 4.98 Å². The molecule has 0 aliphatic rings. The molecule has 0 aliphatic carbocycles. The molecule has 0 saturated heterocycles. The van der Waals surface area contributed by atoms with Crippen molar-refractivity contribution in [2.75, 3.05) is 0 Å². The van der Waals surface area contributed by atoms with Gasteiger partial charge in [0.1, 0.15) is 0 Å². The molecule has 0 amide bonds. The number of hydrogen-bond acceptors (Lipinski definition) is 3. The maximum atomic E-state index is 9.20. The van der Waals surface area contributed by atoms with E-state index in [0.717, 1.165) is 21.9 Å². The zero-order chi connectivity index (χ0) is 13.2. The summed E-state index contributed by atoms with van der Waals surface area (Å²) in [6, 6.07) is 17.7. The summed E-state index contributed by atoms with van der Waals surface area (Å²) in [5.74, 6) is 0. The smallest absolute Gasteiger partial charge is 0.422 e. The fourth-order valence-electron chi connectivity index (χ4n) is 2.23. The lowest BCUT2D eigenvalue weighted by molar-refractivity contribution is 0.424. The van der Waals surface area contributed by atoms with Gasteiger partial charge in [0.2, 0.25) is 0 Å². The minimum absolute atomic E-state index is 0.255. The van der Waals surface area contributed by atoms with Crippen molar-refractivity contribution in [2.24, 2.45) is 0 Å². The molecule has 0 saturated carbocycles. The number of rotatable bonds is 2. The van der Waals surface area contributed by atoms with Crippen molar-refractivity contribution >= 4 is 23.5 Å². The van der Waals surface area contributed by atoms with Crippen molar-refractivity contribution in [1.29, 1.82) is 0 Å². The van der Waals surface area contributed by atoms with E-state index in [1.807, 2.05) is 30.3 Å². The molecule has 3 rings (SSSR count). The Bertz CT molecular complexity index is 723. The zero-order valence-corrected chi connectivity index (χ0v) is 10.2. The highest BCUT2D eigenvalue weighted by Crippen LogP contribution is 2.27. The number of benzene rings is 2. The molecule has 1 heterocycles. The lowest BCUT2D eigenvalue weighted by atomic mass is 9.84. The summed E-state index contributed by atoms with van der Waals surface area (Å²) in [6.45, 7) is 0. The molecule has 92 valence electrons. The Morgan fingerprint density at radius 2 is 1.68 bits per heavy atom. The normalized spacial score (nSPS) is 10.6. The SMILES string of the molecule is OB(O)c1cc(-c2cccc3ccccc23)ccn1. The van der Waals surface area contributed by atoms with Gasteiger partial charge >= 0.3 is 7.12 Å². The summed E-state index contributed by atoms with van der Waals surface area (Å²) >= 11 is 0. The number of nitrogens with zero attached hydrogens (tertiary/aromatic N) is 1. The highest BCUT2D eigenvalue weighted by Gasteiger charge is 2.13. The quantitative estimate of drug-likeness (QED) is 0.678. The van der Waals surface area contributed by atoms with E-state index in [1.165, 1.54) is 0 Å². The second-order valence-electron chi connectivity index (χ2n) is 4.37. The Kier molecular flexibility index (Phi) is 3.03. The minimum atomic E-state index is -1.55. The van der Waals surface area contributed by atoms with Crippen LogP contribution in [0, 0.1) is 0 Å². The summed E-state index contributed by atoms with van der Waals surface area (Å²) in [5, 5.41) is 20.7. The monoisotopic (exact) mass is 249 g/mol. The molecule has 0 spiro atoms. The van der Waals surface area contributed by atoms with Crippen LogP contribution in [0.4, 0.5) is 0 Å². The third-order valence-corrected chi connectivity index (χ3v) is 3.15. The second-order valence-corrected chi connectivity index (χ2v) is 4.37. The average molecular weight is 249 g/mol. The summed E-state index contributed by atoms with van der Waals surface area (Å²) in [5.41, 5.74) is 2.24. The van der Waals surface area contributed by atoms with Crippen LogP contribution in [0.25, 0.3) is 21.9 Å². The molecule has 0 aliphatic heterocycles. The topological polar surface area (TPSA) is 53.4 Å². The van der Waals surface area contributed by atoms with Crippen molar-refractivity contribution in [3.8, 4) is 11.1 Å². The van der Waals surface area contributed by atoms with Gasteiger partial charge in [-0.1, -0.05) is 42.5 Å². The van der Waals surface area contributed by atoms with Crippen LogP contribution < -0.4 is 5.59 Å². The first-order valence-corrected chi connectivity index (χ1v) is 6.06. The molecule has 2 aromatic carbocycles. The maximum absolute atomic E-state index is 9.20. The average Bonchev–Trinajstić information content (AvgIpc) is 2.47. The largest absolute Gasteiger partial charge is 0.508 e. The van der Waals surface area contributed by atoms with Crippen molar-refractivity contribution in [2.45, 2.75) is 0 Å². The van der Waals surface area contributed by atoms with Crippen LogP contribution in [0.1, 0.15) is 0 Å². The minimum Gasteiger partial charge on any atom is -0.422 e. The number of hydrogen-bond donors (Lipinski definition) is 2. The molecule has 0 atom stereocenters. The first-order valence-electron chi connectivity index (χ1n) is 6.06. The van der Waals surface area contributed by atoms with E-state index in [0.29, 0.717) is 0 Å². The Hall–Kier alpha value is -2.17. The fraction of sp³-hybridized carbons (Fsp3) is 0. The van der Waals surface area contributed by atoms with Gasteiger partial charge in [0.15, 0.2) is 0 Å². The number of aromatic nitrogens is 1. The van der Waals surface area contributed by atoms with Crippen LogP contribution in [0.2, 0.25) is 0 Å². The highest BCUT2D eigenvalue weighted by atomic mass is 16.4. The Labute approximate surface area is 111 Å². The number of fused-ring (bicyclic) bond motifs is 1. The first kappa shape index (κ1) is 11.9. The Balaban J connectivity index is 2.22. The van der Waals surface area contributed by atoms with E-state index < -0.39 is 7.12 Å². The van der Waals surface area contributed by atoms with Gasteiger partial charge in [0, 0.05) is 6.20 Å². The lowest BCUT2D eigenvalue weighted by Gasteiger charge is -2.08. The van der Waals surface area contributed by atoms with Gasteiger partial charge in [-0.05, 0) is 34.0 Å². The van der Waals surface area contributed by atoms with Gasteiger partial charge in [-0.25, -0.2) is 0 Å². The Morgan fingerprint density at radius 1 is 0.895 bits per heavy atom. The summed E-state index contributed by atoms with van der Waals surface area (Å²) in [4.78, 5) is 3.94. The molecular weight excluding hydrogens is 237 g/mol. The summed E-state index contributed by atoms with van der Waals surface area (Å²) < 4.78 is 0. The predicted molar refractivity (Wildman–Crippen MR) is 77.0 cm³/mol. The van der Waals surface area contributed by atoms with Crippen LogP contribution in [-0.2, 0) is 0 Å². The lowest BCUT2D eigenvalue weighted by Crippen LogP contribution is -2.32. The van der Waals surface area contributed by atoms with Crippen LogP contribution in [0.5, 0.6) is 0 Å². The molecule has 2 N–H and O–H groups in total. The van der Waals surface area contributed by atoms with E-state index in [4.69, 9.17) is 0 Å². The van der Waals surface area contributed by atoms with Crippen molar-refractivity contribution in [3.05, 3.63) is 60.8 Å². The van der Waals surface area contributed by atoms with Gasteiger partial charge in [-0.2, -0.15) is 0 Å². The molecule has 0 bridgehead atoms. The van der Waals surface area contributed by atoms with Crippen LogP contribution >= 0.6 is 0 Å². The van der Waals surface area contributed by atoms with Crippen LogP contribution in [-0.4, -0.2) is 22.2 Å². The molecule has 3 aromatic rings. The van der Waals surface area contributed by atoms with E-state index >= 15 is 0 Å². The standard InChI is InChI=1S/C15H12BNO2/c18-16(19)15-10-12(8-9-17-15)14-7-3-5-11-4-1-2-6-13(11)14/h1-10,18-19H. The van der Waals surface area contributed by atoms with E-state index in [1.54, 1.807) is 12.3 Å². The van der Waals surface area contributed by atoms with Gasteiger partial charge < -0.3 is 10.0 Å². The first-order chi connectivity index (χ1) is 9.25. The molecule has 0 unspecified atom stereocenters. The highest BCUT2D eigenvalue weighted by molar-refractivity contribution is 6.57. The second kappa shape index (κ2) is 4.84. The molecule has 1 aromatic heterocycles. The van der Waals surface area contributed by atoms with Gasteiger partial charge in [0.25, 0.3) is 0 Å². The van der Waals surface area contributed by atoms with Crippen LogP contribution in [0.15, 0.2) is 60.8 Å². The van der Waals surface area contributed by atoms with E-state index in [9.17, 15) is 10.0 Å². The predicted octanol–water partition coefficient (Wildman–Crippen LogP) is 1.58. The van der Waals surface area contributed by atoms with E-state index in [2.05, 4.69) is 23.2 Å². The third kappa shape index (κ3) is 2.23. The molecular formula is C15H12BNO2. The Morgan fingerprint density at radius 3 is 2.53 bits per heavy atom. The molecule has 0 radical (unpaired) electrons. The molecule has 4 heteroatoms. The zero-order valence-electron chi connectivity index (χ0n) is 10.2. The molecule has 0 fully saturated rings. The summed E-state index contributed by atoms with van der Waals surface area (Å²) in [7, 11) is -1.55. The summed E-state index contributed by atoms with van der Waals surface area (Å²) in [6.07, 6.45) is 1.59. The third-order valence-electron chi connectivity index (χ3n) is 3.15. The fourth-order valence-corrected chi connectivity index (χ4v) is 2.23.